The summed E-state index contributed by atoms with van der Waals surface area (Å²) in [5.41, 5.74) is 1.35. The SMILES string of the molecule is CCCNC(COC(C)C)c1csc(I)c1. The van der Waals surface area contributed by atoms with Crippen LogP contribution < -0.4 is 5.32 Å². The Morgan fingerprint density at radius 3 is 2.75 bits per heavy atom. The molecular weight excluding hydrogens is 333 g/mol. The van der Waals surface area contributed by atoms with Gasteiger partial charge in [0.2, 0.25) is 0 Å². The molecule has 4 heteroatoms. The number of halogens is 1. The van der Waals surface area contributed by atoms with E-state index in [0.29, 0.717) is 12.1 Å². The molecular formula is C12H20INOS. The summed E-state index contributed by atoms with van der Waals surface area (Å²) >= 11 is 4.15. The molecule has 1 aromatic heterocycles. The fraction of sp³-hybridized carbons (Fsp3) is 0.667. The van der Waals surface area contributed by atoms with Crippen LogP contribution in [-0.2, 0) is 4.74 Å². The van der Waals surface area contributed by atoms with Crippen molar-refractivity contribution in [2.45, 2.75) is 39.3 Å². The van der Waals surface area contributed by atoms with E-state index in [4.69, 9.17) is 4.74 Å². The second-order valence-electron chi connectivity index (χ2n) is 4.07. The van der Waals surface area contributed by atoms with E-state index >= 15 is 0 Å². The Hall–Kier alpha value is 0.350. The Morgan fingerprint density at radius 1 is 1.50 bits per heavy atom. The van der Waals surface area contributed by atoms with Crippen molar-refractivity contribution in [3.05, 3.63) is 19.9 Å². The zero-order chi connectivity index (χ0) is 12.0. The van der Waals surface area contributed by atoms with Gasteiger partial charge in [-0.05, 0) is 66.4 Å². The lowest BCUT2D eigenvalue weighted by atomic mass is 10.1. The van der Waals surface area contributed by atoms with Crippen molar-refractivity contribution in [3.8, 4) is 0 Å². The van der Waals surface area contributed by atoms with Crippen molar-refractivity contribution in [2.24, 2.45) is 0 Å². The van der Waals surface area contributed by atoms with Crippen LogP contribution in [0.25, 0.3) is 0 Å². The van der Waals surface area contributed by atoms with Gasteiger partial charge in [0.25, 0.3) is 0 Å². The average Bonchev–Trinajstić information content (AvgIpc) is 2.64. The molecule has 16 heavy (non-hydrogen) atoms. The Kier molecular flexibility index (Phi) is 6.87. The van der Waals surface area contributed by atoms with E-state index in [1.54, 1.807) is 11.3 Å². The molecule has 92 valence electrons. The zero-order valence-corrected chi connectivity index (χ0v) is 13.1. The molecule has 1 unspecified atom stereocenters. The molecule has 0 bridgehead atoms. The first-order chi connectivity index (χ1) is 7.63. The van der Waals surface area contributed by atoms with E-state index in [1.807, 2.05) is 0 Å². The van der Waals surface area contributed by atoms with Gasteiger partial charge in [-0.2, -0.15) is 0 Å². The molecule has 1 N–H and O–H groups in total. The highest BCUT2D eigenvalue weighted by atomic mass is 127. The highest BCUT2D eigenvalue weighted by Crippen LogP contribution is 2.23. The number of rotatable bonds is 7. The van der Waals surface area contributed by atoms with Crippen molar-refractivity contribution in [2.75, 3.05) is 13.2 Å². The smallest absolute Gasteiger partial charge is 0.0665 e. The molecule has 1 rings (SSSR count). The normalized spacial score (nSPS) is 13.3. The first-order valence-corrected chi connectivity index (χ1v) is 7.68. The van der Waals surface area contributed by atoms with Crippen LogP contribution in [-0.4, -0.2) is 19.3 Å². The maximum atomic E-state index is 5.70. The Balaban J connectivity index is 2.55. The molecule has 0 spiro atoms. The van der Waals surface area contributed by atoms with E-state index in [2.05, 4.69) is 60.1 Å². The largest absolute Gasteiger partial charge is 0.377 e. The molecule has 0 aromatic carbocycles. The minimum absolute atomic E-state index is 0.295. The lowest BCUT2D eigenvalue weighted by molar-refractivity contribution is 0.0612. The number of nitrogens with one attached hydrogen (secondary N) is 1. The predicted octanol–water partition coefficient (Wildman–Crippen LogP) is 3.82. The summed E-state index contributed by atoms with van der Waals surface area (Å²) in [5.74, 6) is 0. The molecule has 1 heterocycles. The molecule has 0 amide bonds. The lowest BCUT2D eigenvalue weighted by Gasteiger charge is -2.19. The van der Waals surface area contributed by atoms with Crippen LogP contribution in [0.4, 0.5) is 0 Å². The van der Waals surface area contributed by atoms with E-state index < -0.39 is 0 Å². The Bertz CT molecular complexity index is 301. The first-order valence-electron chi connectivity index (χ1n) is 5.72. The zero-order valence-electron chi connectivity index (χ0n) is 10.1. The highest BCUT2D eigenvalue weighted by Gasteiger charge is 2.13. The van der Waals surface area contributed by atoms with Crippen LogP contribution in [0, 0.1) is 2.88 Å². The van der Waals surface area contributed by atoms with E-state index in [0.717, 1.165) is 19.6 Å². The van der Waals surface area contributed by atoms with Gasteiger partial charge in [-0.1, -0.05) is 6.92 Å². The number of hydrogen-bond donors (Lipinski definition) is 1. The third-order valence-corrected chi connectivity index (χ3v) is 4.03. The van der Waals surface area contributed by atoms with Crippen molar-refractivity contribution in [1.29, 1.82) is 0 Å². The van der Waals surface area contributed by atoms with Crippen LogP contribution in [0.2, 0.25) is 0 Å². The predicted molar refractivity (Wildman–Crippen MR) is 79.2 cm³/mol. The summed E-state index contributed by atoms with van der Waals surface area (Å²) in [6.45, 7) is 8.14. The van der Waals surface area contributed by atoms with Gasteiger partial charge in [0.15, 0.2) is 0 Å². The van der Waals surface area contributed by atoms with Crippen LogP contribution in [0.15, 0.2) is 11.4 Å². The van der Waals surface area contributed by atoms with E-state index in [1.165, 1.54) is 8.45 Å². The van der Waals surface area contributed by atoms with Crippen molar-refractivity contribution in [1.82, 2.24) is 5.32 Å². The van der Waals surface area contributed by atoms with Crippen LogP contribution in [0.5, 0.6) is 0 Å². The van der Waals surface area contributed by atoms with Gasteiger partial charge in [-0.25, -0.2) is 0 Å². The van der Waals surface area contributed by atoms with Crippen LogP contribution in [0.3, 0.4) is 0 Å². The summed E-state index contributed by atoms with van der Waals surface area (Å²) in [5, 5.41) is 5.75. The number of hydrogen-bond acceptors (Lipinski definition) is 3. The van der Waals surface area contributed by atoms with Gasteiger partial charge in [-0.15, -0.1) is 11.3 Å². The molecule has 0 saturated carbocycles. The maximum absolute atomic E-state index is 5.70. The molecule has 1 aromatic rings. The quantitative estimate of drug-likeness (QED) is 0.753. The van der Waals surface area contributed by atoms with Gasteiger partial charge in [0.05, 0.1) is 21.6 Å². The van der Waals surface area contributed by atoms with Gasteiger partial charge in [0.1, 0.15) is 0 Å². The van der Waals surface area contributed by atoms with Crippen molar-refractivity contribution < 1.29 is 4.74 Å². The summed E-state index contributed by atoms with van der Waals surface area (Å²) in [7, 11) is 0. The number of thiophene rings is 1. The Labute approximate surface area is 116 Å². The van der Waals surface area contributed by atoms with E-state index in [9.17, 15) is 0 Å². The standard InChI is InChI=1S/C12H20INOS/c1-4-5-14-11(7-15-9(2)3)10-6-12(13)16-8-10/h6,8-9,11,14H,4-5,7H2,1-3H3. The van der Waals surface area contributed by atoms with Crippen molar-refractivity contribution in [3.63, 3.8) is 0 Å². The van der Waals surface area contributed by atoms with Crippen LogP contribution in [0.1, 0.15) is 38.8 Å². The van der Waals surface area contributed by atoms with Crippen molar-refractivity contribution >= 4 is 33.9 Å². The second-order valence-corrected chi connectivity index (χ2v) is 6.88. The molecule has 0 radical (unpaired) electrons. The highest BCUT2D eigenvalue weighted by molar-refractivity contribution is 14.1. The number of ether oxygens (including phenoxy) is 1. The summed E-state index contributed by atoms with van der Waals surface area (Å²) in [6, 6.07) is 2.57. The van der Waals surface area contributed by atoms with Crippen LogP contribution >= 0.6 is 33.9 Å². The third kappa shape index (κ3) is 5.12. The van der Waals surface area contributed by atoms with Gasteiger partial charge in [0, 0.05) is 0 Å². The van der Waals surface area contributed by atoms with Gasteiger partial charge in [-0.3, -0.25) is 0 Å². The average molecular weight is 353 g/mol. The summed E-state index contributed by atoms with van der Waals surface area (Å²) < 4.78 is 7.04. The minimum Gasteiger partial charge on any atom is -0.377 e. The summed E-state index contributed by atoms with van der Waals surface area (Å²) in [6.07, 6.45) is 1.45. The molecule has 0 aliphatic rings. The monoisotopic (exact) mass is 353 g/mol. The second kappa shape index (κ2) is 7.63. The fourth-order valence-electron chi connectivity index (χ4n) is 1.39. The Morgan fingerprint density at radius 2 is 2.25 bits per heavy atom. The topological polar surface area (TPSA) is 21.3 Å². The maximum Gasteiger partial charge on any atom is 0.0665 e. The molecule has 2 nitrogen and oxygen atoms in total. The van der Waals surface area contributed by atoms with E-state index in [-0.39, 0.29) is 0 Å². The molecule has 0 saturated heterocycles. The fourth-order valence-corrected chi connectivity index (χ4v) is 2.81. The molecule has 1 atom stereocenters. The molecule has 0 aliphatic heterocycles. The minimum atomic E-state index is 0.295. The lowest BCUT2D eigenvalue weighted by Crippen LogP contribution is -2.27. The third-order valence-electron chi connectivity index (χ3n) is 2.23. The molecule has 0 fully saturated rings. The van der Waals surface area contributed by atoms with Gasteiger partial charge < -0.3 is 10.1 Å². The first kappa shape index (κ1) is 14.4. The summed E-state index contributed by atoms with van der Waals surface area (Å²) in [4.78, 5) is 0. The van der Waals surface area contributed by atoms with Gasteiger partial charge >= 0.3 is 0 Å². The molecule has 0 aliphatic carbocycles.